The molecule has 3 rings (SSSR count). The molecule has 0 amide bonds. The average molecular weight is 282 g/mol. The van der Waals surface area contributed by atoms with E-state index in [0.29, 0.717) is 16.1 Å². The molecule has 0 radical (unpaired) electrons. The fourth-order valence-corrected chi connectivity index (χ4v) is 2.79. The molecule has 1 aromatic heterocycles. The van der Waals surface area contributed by atoms with Gasteiger partial charge in [-0.25, -0.2) is 9.79 Å². The summed E-state index contributed by atoms with van der Waals surface area (Å²) >= 11 is 0. The largest absolute Gasteiger partial charge is 0.477 e. The molecule has 21 heavy (non-hydrogen) atoms. The van der Waals surface area contributed by atoms with Gasteiger partial charge in [0.2, 0.25) is 0 Å². The fourth-order valence-electron chi connectivity index (χ4n) is 2.79. The Morgan fingerprint density at radius 2 is 2.05 bits per heavy atom. The molecule has 0 unspecified atom stereocenters. The van der Waals surface area contributed by atoms with Gasteiger partial charge in [-0.1, -0.05) is 6.58 Å². The van der Waals surface area contributed by atoms with E-state index in [1.807, 2.05) is 31.5 Å². The van der Waals surface area contributed by atoms with Gasteiger partial charge in [0, 0.05) is 24.2 Å². The number of rotatable bonds is 1. The van der Waals surface area contributed by atoms with Crippen LogP contribution in [0.5, 0.6) is 0 Å². The van der Waals surface area contributed by atoms with Gasteiger partial charge in [0.1, 0.15) is 0 Å². The summed E-state index contributed by atoms with van der Waals surface area (Å²) in [5.74, 6) is -1.55. The van der Waals surface area contributed by atoms with Crippen LogP contribution in [0.2, 0.25) is 0 Å². The highest BCUT2D eigenvalue weighted by Gasteiger charge is 2.23. The first-order valence-electron chi connectivity index (χ1n) is 6.48. The Bertz CT molecular complexity index is 978. The number of allylic oxidation sites excluding steroid dienone is 1. The first-order chi connectivity index (χ1) is 9.82. The zero-order chi connectivity index (χ0) is 15.5. The first-order valence-corrected chi connectivity index (χ1v) is 6.48. The highest BCUT2D eigenvalue weighted by Crippen LogP contribution is 2.25. The number of carboxylic acids is 1. The molecule has 1 N–H and O–H groups in total. The molecular formula is C16H14N2O3. The lowest BCUT2D eigenvalue weighted by atomic mass is 10.0. The van der Waals surface area contributed by atoms with E-state index < -0.39 is 5.97 Å². The van der Waals surface area contributed by atoms with Crippen molar-refractivity contribution in [2.75, 3.05) is 0 Å². The van der Waals surface area contributed by atoms with Crippen molar-refractivity contribution >= 4 is 29.2 Å². The number of carboxylic acid groups (broad SMARTS) is 1. The van der Waals surface area contributed by atoms with Crippen molar-refractivity contribution in [2.45, 2.75) is 13.8 Å². The number of hydrogen-bond donors (Lipinski definition) is 1. The van der Waals surface area contributed by atoms with E-state index in [0.717, 1.165) is 28.2 Å². The van der Waals surface area contributed by atoms with Crippen molar-refractivity contribution in [2.24, 2.45) is 12.0 Å². The molecule has 0 spiro atoms. The van der Waals surface area contributed by atoms with E-state index in [9.17, 15) is 9.59 Å². The van der Waals surface area contributed by atoms with Crippen LogP contribution < -0.4 is 10.6 Å². The summed E-state index contributed by atoms with van der Waals surface area (Å²) in [5, 5.41) is 10.9. The minimum Gasteiger partial charge on any atom is -0.477 e. The minimum absolute atomic E-state index is 0.251. The highest BCUT2D eigenvalue weighted by molar-refractivity contribution is 6.16. The third-order valence-corrected chi connectivity index (χ3v) is 4.10. The molecule has 0 fully saturated rings. The van der Waals surface area contributed by atoms with E-state index in [1.165, 1.54) is 0 Å². The number of aromatic nitrogens is 1. The number of fused-ring (bicyclic) bond motifs is 3. The van der Waals surface area contributed by atoms with Crippen molar-refractivity contribution in [1.82, 2.24) is 4.57 Å². The zero-order valence-electron chi connectivity index (χ0n) is 12.0. The third-order valence-electron chi connectivity index (χ3n) is 4.10. The van der Waals surface area contributed by atoms with Crippen LogP contribution in [0.25, 0.3) is 17.5 Å². The van der Waals surface area contributed by atoms with E-state index in [-0.39, 0.29) is 11.5 Å². The fraction of sp³-hybridized carbons (Fsp3) is 0.188. The number of nitrogens with zero attached hydrogens (tertiary/aromatic N) is 2. The lowest BCUT2D eigenvalue weighted by Gasteiger charge is -2.10. The van der Waals surface area contributed by atoms with Crippen LogP contribution in [0, 0.1) is 13.8 Å². The molecule has 0 atom stereocenters. The molecule has 0 aliphatic carbocycles. The summed E-state index contributed by atoms with van der Waals surface area (Å²) in [6.07, 6.45) is 1.07. The Morgan fingerprint density at radius 1 is 1.38 bits per heavy atom. The number of aryl methyl sites for hydroxylation is 2. The van der Waals surface area contributed by atoms with Gasteiger partial charge in [0.15, 0.2) is 11.5 Å². The molecule has 2 aromatic rings. The van der Waals surface area contributed by atoms with Crippen molar-refractivity contribution in [3.63, 3.8) is 0 Å². The highest BCUT2D eigenvalue weighted by atomic mass is 16.4. The second kappa shape index (κ2) is 4.15. The third kappa shape index (κ3) is 1.67. The maximum absolute atomic E-state index is 12.4. The maximum Gasteiger partial charge on any atom is 0.354 e. The Balaban J connectivity index is 2.57. The number of benzene rings is 1. The van der Waals surface area contributed by atoms with Gasteiger partial charge < -0.3 is 9.67 Å². The number of carbonyl (C=O) groups is 2. The predicted octanol–water partition coefficient (Wildman–Crippen LogP) is 0.990. The number of carbonyl (C=O) groups excluding carboxylic acids is 1. The average Bonchev–Trinajstić information content (AvgIpc) is 2.64. The van der Waals surface area contributed by atoms with Gasteiger partial charge in [0.05, 0.1) is 16.4 Å². The van der Waals surface area contributed by atoms with Gasteiger partial charge in [0.25, 0.3) is 0 Å². The van der Waals surface area contributed by atoms with Crippen molar-refractivity contribution in [3.8, 4) is 0 Å². The lowest BCUT2D eigenvalue weighted by molar-refractivity contribution is -0.132. The molecule has 106 valence electrons. The smallest absolute Gasteiger partial charge is 0.354 e. The molecule has 2 heterocycles. The van der Waals surface area contributed by atoms with Gasteiger partial charge >= 0.3 is 5.97 Å². The zero-order valence-corrected chi connectivity index (χ0v) is 12.0. The maximum atomic E-state index is 12.4. The van der Waals surface area contributed by atoms with Crippen molar-refractivity contribution in [1.29, 1.82) is 0 Å². The van der Waals surface area contributed by atoms with E-state index in [2.05, 4.69) is 11.6 Å². The van der Waals surface area contributed by atoms with Crippen molar-refractivity contribution < 1.29 is 14.7 Å². The van der Waals surface area contributed by atoms with Crippen LogP contribution in [0.15, 0.2) is 22.8 Å². The number of ketones is 1. The second-order valence-corrected chi connectivity index (χ2v) is 5.24. The first kappa shape index (κ1) is 13.3. The van der Waals surface area contributed by atoms with E-state index in [4.69, 9.17) is 5.11 Å². The summed E-state index contributed by atoms with van der Waals surface area (Å²) in [7, 11) is 1.89. The van der Waals surface area contributed by atoms with Crippen LogP contribution in [0.1, 0.15) is 21.6 Å². The quantitative estimate of drug-likeness (QED) is 0.848. The second-order valence-electron chi connectivity index (χ2n) is 5.24. The standard InChI is InChI=1S/C16H14N2O3/c1-7-5-10-8(2)9(3)18(4)15(10)13-12(19)6-11(16(20)21)17-14(7)13/h5-6H,1H2,2-4H3,(H,20,21). The van der Waals surface area contributed by atoms with Gasteiger partial charge in [-0.3, -0.25) is 4.79 Å². The molecule has 0 saturated carbocycles. The van der Waals surface area contributed by atoms with Gasteiger partial charge in [-0.05, 0) is 30.7 Å². The summed E-state index contributed by atoms with van der Waals surface area (Å²) in [5.41, 5.74) is 3.10. The SMILES string of the molecule is C=c1cc2c(C)c(C)n(C)c2c2c1=NC(C(=O)O)=CC2=O. The van der Waals surface area contributed by atoms with Crippen LogP contribution >= 0.6 is 0 Å². The Kier molecular flexibility index (Phi) is 2.63. The molecule has 5 heteroatoms. The van der Waals surface area contributed by atoms with Gasteiger partial charge in [-0.2, -0.15) is 0 Å². The lowest BCUT2D eigenvalue weighted by Crippen LogP contribution is -2.33. The topological polar surface area (TPSA) is 71.7 Å². The van der Waals surface area contributed by atoms with Crippen LogP contribution in [0.4, 0.5) is 0 Å². The number of aliphatic carboxylic acids is 1. The summed E-state index contributed by atoms with van der Waals surface area (Å²) in [4.78, 5) is 27.6. The summed E-state index contributed by atoms with van der Waals surface area (Å²) in [6.45, 7) is 7.89. The molecular weight excluding hydrogens is 268 g/mol. The summed E-state index contributed by atoms with van der Waals surface area (Å²) < 4.78 is 1.94. The molecule has 0 bridgehead atoms. The summed E-state index contributed by atoms with van der Waals surface area (Å²) in [6, 6.07) is 1.86. The molecule has 1 aromatic carbocycles. The predicted molar refractivity (Wildman–Crippen MR) is 78.7 cm³/mol. The van der Waals surface area contributed by atoms with E-state index >= 15 is 0 Å². The van der Waals surface area contributed by atoms with Gasteiger partial charge in [-0.15, -0.1) is 0 Å². The van der Waals surface area contributed by atoms with Crippen molar-refractivity contribution in [3.05, 3.63) is 45.2 Å². The van der Waals surface area contributed by atoms with E-state index in [1.54, 1.807) is 0 Å². The Labute approximate surface area is 120 Å². The Morgan fingerprint density at radius 3 is 2.67 bits per heavy atom. The van der Waals surface area contributed by atoms with Crippen LogP contribution in [-0.4, -0.2) is 21.4 Å². The van der Waals surface area contributed by atoms with Crippen LogP contribution in [-0.2, 0) is 11.8 Å². The van der Waals surface area contributed by atoms with Crippen LogP contribution in [0.3, 0.4) is 0 Å². The molecule has 0 saturated heterocycles. The molecule has 1 aliphatic rings. The number of hydrogen-bond acceptors (Lipinski definition) is 3. The molecule has 5 nitrogen and oxygen atoms in total. The molecule has 1 aliphatic heterocycles. The monoisotopic (exact) mass is 282 g/mol. The normalized spacial score (nSPS) is 13.9. The minimum atomic E-state index is -1.22. The Hall–Kier alpha value is -2.69.